The molecule has 2 unspecified atom stereocenters. The first-order valence-electron chi connectivity index (χ1n) is 8.38. The average molecular weight is 273 g/mol. The number of rotatable bonds is 6. The van der Waals surface area contributed by atoms with Gasteiger partial charge in [0.05, 0.1) is 0 Å². The average Bonchev–Trinajstić information content (AvgIpc) is 2.87. The highest BCUT2D eigenvalue weighted by Gasteiger charge is 2.28. The molecule has 2 rings (SSSR count). The molecule has 0 bridgehead atoms. The predicted molar refractivity (Wildman–Crippen MR) is 88.3 cm³/mol. The van der Waals surface area contributed by atoms with Gasteiger partial charge in [-0.15, -0.1) is 0 Å². The van der Waals surface area contributed by atoms with Crippen molar-refractivity contribution < 1.29 is 0 Å². The molecule has 0 amide bonds. The van der Waals surface area contributed by atoms with E-state index < -0.39 is 0 Å². The highest BCUT2D eigenvalue weighted by Crippen LogP contribution is 2.39. The molecule has 0 heterocycles. The molecule has 2 atom stereocenters. The van der Waals surface area contributed by atoms with E-state index in [4.69, 9.17) is 0 Å². The van der Waals surface area contributed by atoms with E-state index in [2.05, 4.69) is 57.3 Å². The van der Waals surface area contributed by atoms with Gasteiger partial charge in [-0.3, -0.25) is 0 Å². The monoisotopic (exact) mass is 273 g/mol. The van der Waals surface area contributed by atoms with Crippen molar-refractivity contribution in [2.75, 3.05) is 13.1 Å². The predicted octanol–water partition coefficient (Wildman–Crippen LogP) is 4.94. The second-order valence-corrected chi connectivity index (χ2v) is 7.17. The first-order chi connectivity index (χ1) is 9.58. The lowest BCUT2D eigenvalue weighted by Crippen LogP contribution is -2.27. The zero-order chi connectivity index (χ0) is 14.5. The summed E-state index contributed by atoms with van der Waals surface area (Å²) in [4.78, 5) is 0. The van der Waals surface area contributed by atoms with Gasteiger partial charge in [0.2, 0.25) is 0 Å². The van der Waals surface area contributed by atoms with Gasteiger partial charge in [0, 0.05) is 0 Å². The molecule has 1 heteroatoms. The smallest absolute Gasteiger partial charge is 0.00146 e. The molecule has 1 aliphatic carbocycles. The minimum absolute atomic E-state index is 0.635. The van der Waals surface area contributed by atoms with Crippen LogP contribution < -0.4 is 5.32 Å². The molecule has 0 aliphatic heterocycles. The molecule has 0 aromatic heterocycles. The summed E-state index contributed by atoms with van der Waals surface area (Å²) in [5, 5.41) is 3.66. The molecule has 1 fully saturated rings. The maximum absolute atomic E-state index is 3.66. The van der Waals surface area contributed by atoms with E-state index in [1.54, 1.807) is 5.56 Å². The first-order valence-corrected chi connectivity index (χ1v) is 8.38. The molecule has 20 heavy (non-hydrogen) atoms. The third-order valence-electron chi connectivity index (χ3n) is 4.65. The lowest BCUT2D eigenvalue weighted by molar-refractivity contribution is 0.425. The summed E-state index contributed by atoms with van der Waals surface area (Å²) < 4.78 is 0. The second-order valence-electron chi connectivity index (χ2n) is 7.17. The van der Waals surface area contributed by atoms with Gasteiger partial charge in [-0.05, 0) is 60.7 Å². The summed E-state index contributed by atoms with van der Waals surface area (Å²) in [5.74, 6) is 2.99. The van der Waals surface area contributed by atoms with Gasteiger partial charge in [0.1, 0.15) is 0 Å². The molecule has 0 saturated heterocycles. The molecule has 1 aromatic carbocycles. The van der Waals surface area contributed by atoms with E-state index >= 15 is 0 Å². The van der Waals surface area contributed by atoms with Gasteiger partial charge in [-0.2, -0.15) is 0 Å². The first kappa shape index (κ1) is 15.6. The standard InChI is InChI=1S/C19H31N/c1-14(2)12-20-13-18-6-5-7-19(18)17-10-8-16(9-11-17)15(3)4/h8-11,14-15,18-20H,5-7,12-13H2,1-4H3. The van der Waals surface area contributed by atoms with Gasteiger partial charge in [0.25, 0.3) is 0 Å². The lowest BCUT2D eigenvalue weighted by atomic mass is 9.87. The van der Waals surface area contributed by atoms with Crippen molar-refractivity contribution in [3.63, 3.8) is 0 Å². The van der Waals surface area contributed by atoms with Crippen LogP contribution in [0.25, 0.3) is 0 Å². The summed E-state index contributed by atoms with van der Waals surface area (Å²) >= 11 is 0. The SMILES string of the molecule is CC(C)CNCC1CCCC1c1ccc(C(C)C)cc1. The van der Waals surface area contributed by atoms with Gasteiger partial charge >= 0.3 is 0 Å². The van der Waals surface area contributed by atoms with Crippen molar-refractivity contribution in [3.8, 4) is 0 Å². The topological polar surface area (TPSA) is 12.0 Å². The Hall–Kier alpha value is -0.820. The zero-order valence-corrected chi connectivity index (χ0v) is 13.7. The Morgan fingerprint density at radius 2 is 1.75 bits per heavy atom. The van der Waals surface area contributed by atoms with Crippen molar-refractivity contribution in [1.82, 2.24) is 5.32 Å². The Bertz CT molecular complexity index is 391. The fourth-order valence-corrected chi connectivity index (χ4v) is 3.41. The third-order valence-corrected chi connectivity index (χ3v) is 4.65. The fraction of sp³-hybridized carbons (Fsp3) is 0.684. The van der Waals surface area contributed by atoms with E-state index in [9.17, 15) is 0 Å². The van der Waals surface area contributed by atoms with Crippen molar-refractivity contribution in [2.24, 2.45) is 11.8 Å². The molecule has 1 saturated carbocycles. The summed E-state index contributed by atoms with van der Waals surface area (Å²) in [6.07, 6.45) is 4.15. The number of hydrogen-bond donors (Lipinski definition) is 1. The number of benzene rings is 1. The van der Waals surface area contributed by atoms with Crippen molar-refractivity contribution in [3.05, 3.63) is 35.4 Å². The zero-order valence-electron chi connectivity index (χ0n) is 13.7. The molecule has 1 aromatic rings. The molecule has 1 nitrogen and oxygen atoms in total. The highest BCUT2D eigenvalue weighted by molar-refractivity contribution is 5.28. The van der Waals surface area contributed by atoms with Gasteiger partial charge in [-0.25, -0.2) is 0 Å². The quantitative estimate of drug-likeness (QED) is 0.774. The Labute approximate surface area is 125 Å². The normalized spacial score (nSPS) is 22.9. The van der Waals surface area contributed by atoms with E-state index in [0.29, 0.717) is 5.92 Å². The molecule has 0 spiro atoms. The Morgan fingerprint density at radius 3 is 2.35 bits per heavy atom. The fourth-order valence-electron chi connectivity index (χ4n) is 3.41. The molecule has 1 aliphatic rings. The molecular formula is C19H31N. The van der Waals surface area contributed by atoms with Crippen LogP contribution in [0.5, 0.6) is 0 Å². The van der Waals surface area contributed by atoms with Crippen LogP contribution in [0.4, 0.5) is 0 Å². The lowest BCUT2D eigenvalue weighted by Gasteiger charge is -2.21. The van der Waals surface area contributed by atoms with Crippen LogP contribution in [-0.2, 0) is 0 Å². The van der Waals surface area contributed by atoms with Crippen LogP contribution >= 0.6 is 0 Å². The maximum atomic E-state index is 3.66. The van der Waals surface area contributed by atoms with Crippen LogP contribution in [-0.4, -0.2) is 13.1 Å². The molecular weight excluding hydrogens is 242 g/mol. The van der Waals surface area contributed by atoms with E-state index in [0.717, 1.165) is 24.3 Å². The summed E-state index contributed by atoms with van der Waals surface area (Å²) in [5.41, 5.74) is 3.02. The van der Waals surface area contributed by atoms with Crippen LogP contribution in [0.3, 0.4) is 0 Å². The van der Waals surface area contributed by atoms with E-state index in [1.807, 2.05) is 0 Å². The Balaban J connectivity index is 1.95. The van der Waals surface area contributed by atoms with Crippen molar-refractivity contribution >= 4 is 0 Å². The minimum atomic E-state index is 0.635. The second kappa shape index (κ2) is 7.26. The Kier molecular flexibility index (Phi) is 5.65. The van der Waals surface area contributed by atoms with E-state index in [1.165, 1.54) is 31.4 Å². The number of nitrogens with one attached hydrogen (secondary N) is 1. The van der Waals surface area contributed by atoms with Crippen molar-refractivity contribution in [1.29, 1.82) is 0 Å². The summed E-state index contributed by atoms with van der Waals surface area (Å²) in [6, 6.07) is 9.41. The minimum Gasteiger partial charge on any atom is -0.316 e. The third kappa shape index (κ3) is 4.09. The molecule has 112 valence electrons. The maximum Gasteiger partial charge on any atom is -0.00146 e. The van der Waals surface area contributed by atoms with Crippen LogP contribution in [0.2, 0.25) is 0 Å². The van der Waals surface area contributed by atoms with Gasteiger partial charge in [0.15, 0.2) is 0 Å². The summed E-state index contributed by atoms with van der Waals surface area (Å²) in [7, 11) is 0. The van der Waals surface area contributed by atoms with Crippen LogP contribution in [0, 0.1) is 11.8 Å². The van der Waals surface area contributed by atoms with Crippen LogP contribution in [0.15, 0.2) is 24.3 Å². The van der Waals surface area contributed by atoms with Crippen molar-refractivity contribution in [2.45, 2.75) is 58.8 Å². The molecule has 0 radical (unpaired) electrons. The summed E-state index contributed by atoms with van der Waals surface area (Å²) in [6.45, 7) is 11.4. The van der Waals surface area contributed by atoms with Gasteiger partial charge < -0.3 is 5.32 Å². The largest absolute Gasteiger partial charge is 0.316 e. The Morgan fingerprint density at radius 1 is 1.05 bits per heavy atom. The molecule has 1 N–H and O–H groups in total. The number of hydrogen-bond acceptors (Lipinski definition) is 1. The van der Waals surface area contributed by atoms with E-state index in [-0.39, 0.29) is 0 Å². The van der Waals surface area contributed by atoms with Crippen LogP contribution in [0.1, 0.15) is 69.9 Å². The van der Waals surface area contributed by atoms with Gasteiger partial charge in [-0.1, -0.05) is 58.4 Å². The highest BCUT2D eigenvalue weighted by atomic mass is 14.9.